The van der Waals surface area contributed by atoms with Crippen LogP contribution >= 0.6 is 11.6 Å². The van der Waals surface area contributed by atoms with Crippen LogP contribution in [-0.4, -0.2) is 15.9 Å². The van der Waals surface area contributed by atoms with Crippen molar-refractivity contribution in [1.29, 1.82) is 0 Å². The molecule has 3 rings (SSSR count). The van der Waals surface area contributed by atoms with Crippen molar-refractivity contribution in [3.05, 3.63) is 75.2 Å². The first-order valence-electron chi connectivity index (χ1n) is 7.61. The largest absolute Gasteiger partial charge is 0.352 e. The van der Waals surface area contributed by atoms with Crippen LogP contribution in [0.3, 0.4) is 0 Å². The van der Waals surface area contributed by atoms with Gasteiger partial charge in [0, 0.05) is 24.4 Å². The minimum Gasteiger partial charge on any atom is -0.352 e. The van der Waals surface area contributed by atoms with Crippen LogP contribution in [0, 0.1) is 0 Å². The molecular weight excluding hydrogens is 326 g/mol. The third-order valence-corrected chi connectivity index (χ3v) is 3.91. The highest BCUT2D eigenvalue weighted by Gasteiger charge is 2.08. The molecule has 0 atom stereocenters. The molecule has 0 fully saturated rings. The van der Waals surface area contributed by atoms with E-state index in [-0.39, 0.29) is 17.9 Å². The van der Waals surface area contributed by atoms with Crippen LogP contribution in [0.25, 0.3) is 11.0 Å². The van der Waals surface area contributed by atoms with Crippen molar-refractivity contribution in [3.8, 4) is 0 Å². The van der Waals surface area contributed by atoms with Crippen LogP contribution in [0.2, 0.25) is 5.02 Å². The van der Waals surface area contributed by atoms with Crippen molar-refractivity contribution in [1.82, 2.24) is 15.3 Å². The normalized spacial score (nSPS) is 10.7. The highest BCUT2D eigenvalue weighted by atomic mass is 35.5. The maximum Gasteiger partial charge on any atom is 0.270 e. The minimum atomic E-state index is -0.251. The second-order valence-corrected chi connectivity index (χ2v) is 5.87. The van der Waals surface area contributed by atoms with E-state index in [9.17, 15) is 9.59 Å². The molecule has 24 heavy (non-hydrogen) atoms. The van der Waals surface area contributed by atoms with Crippen LogP contribution in [-0.2, 0) is 17.8 Å². The lowest BCUT2D eigenvalue weighted by Gasteiger charge is -2.06. The van der Waals surface area contributed by atoms with Gasteiger partial charge in [-0.2, -0.15) is 0 Å². The van der Waals surface area contributed by atoms with E-state index in [1.54, 1.807) is 18.2 Å². The highest BCUT2D eigenvalue weighted by molar-refractivity contribution is 6.30. The Kier molecular flexibility index (Phi) is 4.91. The maximum absolute atomic E-state index is 12.0. The summed E-state index contributed by atoms with van der Waals surface area (Å²) < 4.78 is 0. The topological polar surface area (TPSA) is 74.8 Å². The number of rotatable bonds is 5. The zero-order chi connectivity index (χ0) is 16.9. The number of hydrogen-bond donors (Lipinski definition) is 2. The van der Waals surface area contributed by atoms with E-state index in [0.717, 1.165) is 5.56 Å². The van der Waals surface area contributed by atoms with Gasteiger partial charge in [-0.25, -0.2) is 4.98 Å². The van der Waals surface area contributed by atoms with Gasteiger partial charge in [-0.05, 0) is 29.8 Å². The molecule has 3 aromatic rings. The van der Waals surface area contributed by atoms with Gasteiger partial charge in [0.2, 0.25) is 5.91 Å². The van der Waals surface area contributed by atoms with Crippen LogP contribution in [0.1, 0.15) is 17.7 Å². The van der Waals surface area contributed by atoms with E-state index < -0.39 is 0 Å². The van der Waals surface area contributed by atoms with Crippen LogP contribution in [0.15, 0.2) is 53.3 Å². The number of fused-ring (bicyclic) bond motifs is 1. The summed E-state index contributed by atoms with van der Waals surface area (Å²) >= 11 is 5.82. The number of carbonyl (C=O) groups is 1. The Bertz CT molecular complexity index is 919. The quantitative estimate of drug-likeness (QED) is 0.749. The summed E-state index contributed by atoms with van der Waals surface area (Å²) in [6.07, 6.45) is 0.509. The molecule has 1 aromatic heterocycles. The van der Waals surface area contributed by atoms with Gasteiger partial charge in [0.1, 0.15) is 5.69 Å². The molecule has 122 valence electrons. The number of aromatic nitrogens is 2. The van der Waals surface area contributed by atoms with E-state index in [0.29, 0.717) is 34.7 Å². The Hall–Kier alpha value is -2.66. The second-order valence-electron chi connectivity index (χ2n) is 5.43. The van der Waals surface area contributed by atoms with Gasteiger partial charge in [0.15, 0.2) is 0 Å². The molecule has 1 heterocycles. The number of carbonyl (C=O) groups excluding carboxylic acids is 1. The highest BCUT2D eigenvalue weighted by Crippen LogP contribution is 2.09. The summed E-state index contributed by atoms with van der Waals surface area (Å²) in [5, 5.41) is 3.48. The number of aromatic amines is 1. The van der Waals surface area contributed by atoms with Gasteiger partial charge in [-0.1, -0.05) is 35.9 Å². The van der Waals surface area contributed by atoms with Crippen LogP contribution in [0.5, 0.6) is 0 Å². The summed E-state index contributed by atoms with van der Waals surface area (Å²) in [6.45, 7) is 0.428. The molecule has 0 bridgehead atoms. The molecule has 0 aliphatic heterocycles. The number of nitrogens with zero attached hydrogens (tertiary/aromatic N) is 1. The fourth-order valence-corrected chi connectivity index (χ4v) is 2.49. The first kappa shape index (κ1) is 16.2. The summed E-state index contributed by atoms with van der Waals surface area (Å²) in [5.74, 6) is -0.126. The molecule has 6 heteroatoms. The molecule has 0 unspecified atom stereocenters. The fraction of sp³-hybridized carbons (Fsp3) is 0.167. The van der Waals surface area contributed by atoms with Crippen molar-refractivity contribution < 1.29 is 4.79 Å². The zero-order valence-corrected chi connectivity index (χ0v) is 13.6. The van der Waals surface area contributed by atoms with Crippen molar-refractivity contribution in [2.24, 2.45) is 0 Å². The third-order valence-electron chi connectivity index (χ3n) is 3.66. The summed E-state index contributed by atoms with van der Waals surface area (Å²) in [6, 6.07) is 14.6. The molecule has 0 saturated heterocycles. The molecule has 0 aliphatic carbocycles. The lowest BCUT2D eigenvalue weighted by molar-refractivity contribution is -0.121. The van der Waals surface area contributed by atoms with Crippen molar-refractivity contribution in [2.45, 2.75) is 19.4 Å². The molecule has 2 aromatic carbocycles. The van der Waals surface area contributed by atoms with Crippen molar-refractivity contribution in [3.63, 3.8) is 0 Å². The number of hydrogen-bond acceptors (Lipinski definition) is 3. The lowest BCUT2D eigenvalue weighted by Crippen LogP contribution is -2.24. The number of nitrogens with one attached hydrogen (secondary N) is 2. The summed E-state index contributed by atoms with van der Waals surface area (Å²) in [7, 11) is 0. The molecule has 0 saturated carbocycles. The summed E-state index contributed by atoms with van der Waals surface area (Å²) in [4.78, 5) is 31.1. The standard InChI is InChI=1S/C18H16ClN3O2/c19-13-7-5-12(6-8-13)11-20-17(23)10-9-16-18(24)22-15-4-2-1-3-14(15)21-16/h1-8H,9-11H2,(H,20,23)(H,22,24). The smallest absolute Gasteiger partial charge is 0.270 e. The zero-order valence-electron chi connectivity index (χ0n) is 12.9. The minimum absolute atomic E-state index is 0.126. The molecule has 0 radical (unpaired) electrons. The van der Waals surface area contributed by atoms with Crippen molar-refractivity contribution >= 4 is 28.5 Å². The van der Waals surface area contributed by atoms with Crippen molar-refractivity contribution in [2.75, 3.05) is 0 Å². The Morgan fingerprint density at radius 3 is 2.67 bits per heavy atom. The molecule has 0 spiro atoms. The number of aryl methyl sites for hydroxylation is 1. The second kappa shape index (κ2) is 7.27. The first-order chi connectivity index (χ1) is 11.6. The number of amides is 1. The Morgan fingerprint density at radius 2 is 1.88 bits per heavy atom. The molecule has 5 nitrogen and oxygen atoms in total. The van der Waals surface area contributed by atoms with Gasteiger partial charge in [0.05, 0.1) is 11.0 Å². The maximum atomic E-state index is 12.0. The summed E-state index contributed by atoms with van der Waals surface area (Å²) in [5.41, 5.74) is 2.50. The van der Waals surface area contributed by atoms with E-state index in [1.807, 2.05) is 30.3 Å². The van der Waals surface area contributed by atoms with E-state index in [4.69, 9.17) is 11.6 Å². The first-order valence-corrected chi connectivity index (χ1v) is 7.99. The molecule has 1 amide bonds. The van der Waals surface area contributed by atoms with E-state index in [2.05, 4.69) is 15.3 Å². The number of H-pyrrole nitrogens is 1. The number of para-hydroxylation sites is 2. The number of benzene rings is 2. The van der Waals surface area contributed by atoms with Gasteiger partial charge < -0.3 is 10.3 Å². The Morgan fingerprint density at radius 1 is 1.12 bits per heavy atom. The van der Waals surface area contributed by atoms with E-state index >= 15 is 0 Å². The predicted octanol–water partition coefficient (Wildman–Crippen LogP) is 2.83. The average molecular weight is 342 g/mol. The van der Waals surface area contributed by atoms with Gasteiger partial charge >= 0.3 is 0 Å². The average Bonchev–Trinajstić information content (AvgIpc) is 2.59. The number of halogens is 1. The fourth-order valence-electron chi connectivity index (χ4n) is 2.36. The molecule has 2 N–H and O–H groups in total. The Balaban J connectivity index is 1.59. The van der Waals surface area contributed by atoms with Gasteiger partial charge in [-0.15, -0.1) is 0 Å². The Labute approximate surface area is 143 Å². The van der Waals surface area contributed by atoms with E-state index in [1.165, 1.54) is 0 Å². The monoisotopic (exact) mass is 341 g/mol. The van der Waals surface area contributed by atoms with Crippen LogP contribution < -0.4 is 10.9 Å². The molecular formula is C18H16ClN3O2. The van der Waals surface area contributed by atoms with Crippen LogP contribution in [0.4, 0.5) is 0 Å². The molecule has 0 aliphatic rings. The van der Waals surface area contributed by atoms with Gasteiger partial charge in [-0.3, -0.25) is 9.59 Å². The van der Waals surface area contributed by atoms with Gasteiger partial charge in [0.25, 0.3) is 5.56 Å². The lowest BCUT2D eigenvalue weighted by atomic mass is 10.2. The third kappa shape index (κ3) is 4.00. The predicted molar refractivity (Wildman–Crippen MR) is 94.0 cm³/mol. The SMILES string of the molecule is O=C(CCc1nc2ccccc2[nH]c1=O)NCc1ccc(Cl)cc1.